The van der Waals surface area contributed by atoms with Crippen molar-refractivity contribution in [3.63, 3.8) is 0 Å². The van der Waals surface area contributed by atoms with Crippen LogP contribution in [-0.4, -0.2) is 10.7 Å². The molecule has 1 aromatic heterocycles. The summed E-state index contributed by atoms with van der Waals surface area (Å²) in [6.45, 7) is 0. The summed E-state index contributed by atoms with van der Waals surface area (Å²) in [4.78, 5) is 4.49. The minimum Gasteiger partial charge on any atom is -0.252 e. The monoisotopic (exact) mass is 280 g/mol. The zero-order chi connectivity index (χ0) is 13.8. The molecule has 0 radical (unpaired) electrons. The van der Waals surface area contributed by atoms with Crippen LogP contribution in [0.5, 0.6) is 0 Å². The van der Waals surface area contributed by atoms with Crippen molar-refractivity contribution < 1.29 is 0 Å². The van der Waals surface area contributed by atoms with Gasteiger partial charge in [0.2, 0.25) is 5.13 Å². The summed E-state index contributed by atoms with van der Waals surface area (Å²) in [5.41, 5.74) is 6.60. The highest BCUT2D eigenvalue weighted by Gasteiger charge is 2.05. The maximum absolute atomic E-state index is 8.78. The first-order chi connectivity index (χ1) is 9.85. The van der Waals surface area contributed by atoms with Crippen LogP contribution >= 0.6 is 11.3 Å². The molecule has 4 nitrogen and oxygen atoms in total. The van der Waals surface area contributed by atoms with Gasteiger partial charge in [0.1, 0.15) is 0 Å². The van der Waals surface area contributed by atoms with Crippen LogP contribution in [0.2, 0.25) is 0 Å². The topological polar surface area (TPSA) is 61.1 Å². The molecule has 1 aromatic carbocycles. The standard InChI is InChI=1S/C15H12N4S/c16-9-11-5-7-12(8-6-11)14-10-20-15(17-14)19-18-13-3-1-2-4-13/h1,3,5-8,10H,2,4H2,(H,17,19)/b18-13-. The Kier molecular flexibility index (Phi) is 3.57. The second-order valence-corrected chi connectivity index (χ2v) is 5.24. The summed E-state index contributed by atoms with van der Waals surface area (Å²) in [5.74, 6) is 0. The molecule has 0 saturated heterocycles. The van der Waals surface area contributed by atoms with E-state index in [1.807, 2.05) is 23.6 Å². The Morgan fingerprint density at radius 1 is 1.30 bits per heavy atom. The number of allylic oxidation sites excluding steroid dienone is 2. The third kappa shape index (κ3) is 2.76. The lowest BCUT2D eigenvalue weighted by atomic mass is 10.1. The van der Waals surface area contributed by atoms with Gasteiger partial charge in [-0.05, 0) is 31.1 Å². The second-order valence-electron chi connectivity index (χ2n) is 4.38. The van der Waals surface area contributed by atoms with Crippen LogP contribution in [0.4, 0.5) is 5.13 Å². The molecule has 0 bridgehead atoms. The van der Waals surface area contributed by atoms with Crippen molar-refractivity contribution in [2.75, 3.05) is 5.43 Å². The fourth-order valence-corrected chi connectivity index (χ4v) is 2.58. The molecular weight excluding hydrogens is 268 g/mol. The Bertz CT molecular complexity index is 704. The third-order valence-electron chi connectivity index (χ3n) is 2.99. The quantitative estimate of drug-likeness (QED) is 0.870. The van der Waals surface area contributed by atoms with Gasteiger partial charge in [-0.1, -0.05) is 18.2 Å². The molecule has 0 spiro atoms. The van der Waals surface area contributed by atoms with Crippen molar-refractivity contribution in [2.24, 2.45) is 5.10 Å². The van der Waals surface area contributed by atoms with Crippen molar-refractivity contribution in [3.8, 4) is 17.3 Å². The molecule has 20 heavy (non-hydrogen) atoms. The van der Waals surface area contributed by atoms with Crippen molar-refractivity contribution in [1.29, 1.82) is 5.26 Å². The number of benzene rings is 1. The lowest BCUT2D eigenvalue weighted by molar-refractivity contribution is 1.13. The molecule has 0 aliphatic heterocycles. The molecule has 2 aromatic rings. The first kappa shape index (κ1) is 12.6. The highest BCUT2D eigenvalue weighted by Crippen LogP contribution is 2.25. The third-order valence-corrected chi connectivity index (χ3v) is 3.73. The number of rotatable bonds is 3. The Labute approximate surface area is 121 Å². The number of aromatic nitrogens is 1. The van der Waals surface area contributed by atoms with Crippen molar-refractivity contribution in [1.82, 2.24) is 4.98 Å². The van der Waals surface area contributed by atoms with E-state index in [-0.39, 0.29) is 0 Å². The number of thiazole rings is 1. The smallest absolute Gasteiger partial charge is 0.203 e. The lowest BCUT2D eigenvalue weighted by Crippen LogP contribution is -1.95. The van der Waals surface area contributed by atoms with E-state index < -0.39 is 0 Å². The van der Waals surface area contributed by atoms with Crippen LogP contribution in [-0.2, 0) is 0 Å². The average molecular weight is 280 g/mol. The fraction of sp³-hybridized carbons (Fsp3) is 0.133. The van der Waals surface area contributed by atoms with Crippen molar-refractivity contribution >= 4 is 22.2 Å². The van der Waals surface area contributed by atoms with Gasteiger partial charge in [-0.3, -0.25) is 5.43 Å². The van der Waals surface area contributed by atoms with E-state index in [4.69, 9.17) is 5.26 Å². The van der Waals surface area contributed by atoms with Gasteiger partial charge in [-0.15, -0.1) is 11.3 Å². The Hall–Kier alpha value is -2.45. The summed E-state index contributed by atoms with van der Waals surface area (Å²) in [6, 6.07) is 9.51. The van der Waals surface area contributed by atoms with E-state index in [1.165, 1.54) is 11.3 Å². The van der Waals surface area contributed by atoms with E-state index in [9.17, 15) is 0 Å². The second kappa shape index (κ2) is 5.68. The van der Waals surface area contributed by atoms with Gasteiger partial charge in [0.15, 0.2) is 0 Å². The van der Waals surface area contributed by atoms with Gasteiger partial charge < -0.3 is 0 Å². The van der Waals surface area contributed by atoms with E-state index in [0.717, 1.165) is 34.9 Å². The molecule has 98 valence electrons. The molecule has 1 heterocycles. The van der Waals surface area contributed by atoms with Crippen LogP contribution in [0.15, 0.2) is 46.9 Å². The molecule has 1 aliphatic carbocycles. The molecule has 0 saturated carbocycles. The summed E-state index contributed by atoms with van der Waals surface area (Å²) in [7, 11) is 0. The average Bonchev–Trinajstić information content (AvgIpc) is 3.17. The van der Waals surface area contributed by atoms with E-state index >= 15 is 0 Å². The number of hydrazone groups is 1. The zero-order valence-corrected chi connectivity index (χ0v) is 11.5. The Morgan fingerprint density at radius 2 is 2.15 bits per heavy atom. The van der Waals surface area contributed by atoms with Crippen LogP contribution in [0.25, 0.3) is 11.3 Å². The normalized spacial score (nSPS) is 15.4. The predicted molar refractivity (Wildman–Crippen MR) is 81.7 cm³/mol. The summed E-state index contributed by atoms with van der Waals surface area (Å²) < 4.78 is 0. The largest absolute Gasteiger partial charge is 0.252 e. The van der Waals surface area contributed by atoms with Gasteiger partial charge >= 0.3 is 0 Å². The van der Waals surface area contributed by atoms with Gasteiger partial charge in [0.25, 0.3) is 0 Å². The number of nitrogens with one attached hydrogen (secondary N) is 1. The molecule has 0 atom stereocenters. The molecule has 0 unspecified atom stereocenters. The molecule has 0 amide bonds. The fourth-order valence-electron chi connectivity index (χ4n) is 1.92. The predicted octanol–water partition coefficient (Wildman–Crippen LogP) is 3.80. The van der Waals surface area contributed by atoms with Gasteiger partial charge in [0.05, 0.1) is 23.0 Å². The molecule has 5 heteroatoms. The number of hydrogen-bond donors (Lipinski definition) is 1. The number of hydrogen-bond acceptors (Lipinski definition) is 5. The first-order valence-corrected chi connectivity index (χ1v) is 7.18. The first-order valence-electron chi connectivity index (χ1n) is 6.30. The summed E-state index contributed by atoms with van der Waals surface area (Å²) >= 11 is 1.52. The van der Waals surface area contributed by atoms with E-state index in [0.29, 0.717) is 5.56 Å². The van der Waals surface area contributed by atoms with E-state index in [1.54, 1.807) is 12.1 Å². The highest BCUT2D eigenvalue weighted by atomic mass is 32.1. The highest BCUT2D eigenvalue weighted by molar-refractivity contribution is 7.14. The molecular formula is C15H12N4S. The molecule has 3 rings (SSSR count). The van der Waals surface area contributed by atoms with Crippen LogP contribution in [0, 0.1) is 11.3 Å². The molecule has 0 fully saturated rings. The number of nitriles is 1. The molecule has 1 aliphatic rings. The van der Waals surface area contributed by atoms with Gasteiger partial charge in [-0.2, -0.15) is 10.4 Å². The minimum atomic E-state index is 0.654. The van der Waals surface area contributed by atoms with Crippen LogP contribution < -0.4 is 5.43 Å². The van der Waals surface area contributed by atoms with Gasteiger partial charge in [0, 0.05) is 10.9 Å². The Morgan fingerprint density at radius 3 is 2.85 bits per heavy atom. The van der Waals surface area contributed by atoms with Gasteiger partial charge in [-0.25, -0.2) is 4.98 Å². The molecule has 1 N–H and O–H groups in total. The lowest BCUT2D eigenvalue weighted by Gasteiger charge is -1.97. The zero-order valence-electron chi connectivity index (χ0n) is 10.7. The van der Waals surface area contributed by atoms with Crippen LogP contribution in [0.1, 0.15) is 18.4 Å². The Balaban J connectivity index is 1.74. The summed E-state index contributed by atoms with van der Waals surface area (Å²) in [5, 5.41) is 15.9. The van der Waals surface area contributed by atoms with Crippen molar-refractivity contribution in [3.05, 3.63) is 47.4 Å². The maximum Gasteiger partial charge on any atom is 0.203 e. The van der Waals surface area contributed by atoms with E-state index in [2.05, 4.69) is 27.7 Å². The van der Waals surface area contributed by atoms with Crippen LogP contribution in [0.3, 0.4) is 0 Å². The minimum absolute atomic E-state index is 0.654. The SMILES string of the molecule is N#Cc1ccc(-c2csc(N/N=C3/C=CCC3)n2)cc1. The maximum atomic E-state index is 8.78. The van der Waals surface area contributed by atoms with Crippen molar-refractivity contribution in [2.45, 2.75) is 12.8 Å². The number of nitrogens with zero attached hydrogens (tertiary/aromatic N) is 3. The summed E-state index contributed by atoms with van der Waals surface area (Å²) in [6.07, 6.45) is 6.20. The number of anilines is 1.